The lowest BCUT2D eigenvalue weighted by Crippen LogP contribution is -2.24. The molecule has 19 heavy (non-hydrogen) atoms. The molecule has 0 saturated carbocycles. The third-order valence-corrected chi connectivity index (χ3v) is 3.64. The zero-order chi connectivity index (χ0) is 13.8. The van der Waals surface area contributed by atoms with Gasteiger partial charge in [-0.05, 0) is 48.1 Å². The second-order valence-electron chi connectivity index (χ2n) is 5.08. The molecule has 1 heteroatoms. The predicted molar refractivity (Wildman–Crippen MR) is 83.1 cm³/mol. The van der Waals surface area contributed by atoms with Gasteiger partial charge in [-0.2, -0.15) is 0 Å². The number of nitrogens with two attached hydrogens (primary N) is 1. The van der Waals surface area contributed by atoms with E-state index in [2.05, 4.69) is 56.8 Å². The molecule has 0 amide bonds. The van der Waals surface area contributed by atoms with E-state index in [0.717, 1.165) is 12.0 Å². The predicted octanol–water partition coefficient (Wildman–Crippen LogP) is 3.89. The Kier molecular flexibility index (Phi) is 4.18. The van der Waals surface area contributed by atoms with E-state index in [1.54, 1.807) is 0 Å². The Bertz CT molecular complexity index is 584. The molecule has 0 radical (unpaired) electrons. The molecule has 0 aliphatic carbocycles. The van der Waals surface area contributed by atoms with Crippen LogP contribution in [-0.4, -0.2) is 6.04 Å². The van der Waals surface area contributed by atoms with Gasteiger partial charge in [-0.15, -0.1) is 0 Å². The van der Waals surface area contributed by atoms with Crippen molar-refractivity contribution in [3.63, 3.8) is 0 Å². The minimum atomic E-state index is -0.0396. The Hall–Kier alpha value is -1.86. The van der Waals surface area contributed by atoms with Gasteiger partial charge in [0.25, 0.3) is 0 Å². The van der Waals surface area contributed by atoms with Crippen LogP contribution in [0, 0.1) is 13.8 Å². The molecule has 0 fully saturated rings. The quantitative estimate of drug-likeness (QED) is 0.876. The minimum absolute atomic E-state index is 0.0396. The maximum absolute atomic E-state index is 6.32. The summed E-state index contributed by atoms with van der Waals surface area (Å²) in [6.07, 6.45) is 0.833. The topological polar surface area (TPSA) is 26.0 Å². The summed E-state index contributed by atoms with van der Waals surface area (Å²) in [6, 6.07) is 16.6. The van der Waals surface area contributed by atoms with Crippen molar-refractivity contribution >= 4 is 5.57 Å². The maximum atomic E-state index is 6.32. The molecule has 0 aliphatic heterocycles. The monoisotopic (exact) mass is 251 g/mol. The van der Waals surface area contributed by atoms with Gasteiger partial charge in [0, 0.05) is 6.04 Å². The first-order valence-electron chi connectivity index (χ1n) is 6.64. The lowest BCUT2D eigenvalue weighted by molar-refractivity contribution is 0.823. The average Bonchev–Trinajstić information content (AvgIpc) is 2.41. The molecule has 0 spiro atoms. The van der Waals surface area contributed by atoms with Gasteiger partial charge in [0.15, 0.2) is 0 Å². The molecule has 2 rings (SSSR count). The number of rotatable bonds is 4. The summed E-state index contributed by atoms with van der Waals surface area (Å²) in [7, 11) is 0. The van der Waals surface area contributed by atoms with Crippen molar-refractivity contribution in [2.24, 2.45) is 5.73 Å². The summed E-state index contributed by atoms with van der Waals surface area (Å²) < 4.78 is 0. The van der Waals surface area contributed by atoms with E-state index < -0.39 is 0 Å². The van der Waals surface area contributed by atoms with Crippen molar-refractivity contribution in [1.29, 1.82) is 0 Å². The first kappa shape index (κ1) is 13.6. The van der Waals surface area contributed by atoms with Crippen LogP contribution in [0.5, 0.6) is 0 Å². The van der Waals surface area contributed by atoms with Crippen molar-refractivity contribution in [3.05, 3.63) is 77.4 Å². The van der Waals surface area contributed by atoms with Crippen LogP contribution in [0.2, 0.25) is 0 Å². The van der Waals surface area contributed by atoms with Gasteiger partial charge in [0.1, 0.15) is 0 Å². The second-order valence-corrected chi connectivity index (χ2v) is 5.08. The summed E-state index contributed by atoms with van der Waals surface area (Å²) in [5.74, 6) is 0. The zero-order valence-electron chi connectivity index (χ0n) is 11.7. The lowest BCUT2D eigenvalue weighted by Gasteiger charge is -2.18. The molecule has 1 nitrogen and oxygen atoms in total. The van der Waals surface area contributed by atoms with Crippen LogP contribution in [0.25, 0.3) is 5.57 Å². The molecule has 2 aromatic rings. The van der Waals surface area contributed by atoms with Crippen LogP contribution >= 0.6 is 0 Å². The van der Waals surface area contributed by atoms with Crippen molar-refractivity contribution in [2.75, 3.05) is 0 Å². The Morgan fingerprint density at radius 2 is 1.58 bits per heavy atom. The molecule has 2 aromatic carbocycles. The van der Waals surface area contributed by atoms with Crippen LogP contribution in [-0.2, 0) is 6.42 Å². The summed E-state index contributed by atoms with van der Waals surface area (Å²) in [4.78, 5) is 0. The summed E-state index contributed by atoms with van der Waals surface area (Å²) in [6.45, 7) is 8.41. The van der Waals surface area contributed by atoms with Crippen molar-refractivity contribution in [3.8, 4) is 0 Å². The Labute approximate surface area is 115 Å². The molecule has 0 bridgehead atoms. The van der Waals surface area contributed by atoms with Gasteiger partial charge < -0.3 is 5.73 Å². The number of benzene rings is 2. The summed E-state index contributed by atoms with van der Waals surface area (Å²) in [5.41, 5.74) is 12.3. The average molecular weight is 251 g/mol. The molecule has 98 valence electrons. The molecular formula is C18H21N. The minimum Gasteiger partial charge on any atom is -0.324 e. The van der Waals surface area contributed by atoms with E-state index in [0.29, 0.717) is 0 Å². The van der Waals surface area contributed by atoms with Crippen LogP contribution in [0.3, 0.4) is 0 Å². The van der Waals surface area contributed by atoms with E-state index in [-0.39, 0.29) is 6.04 Å². The van der Waals surface area contributed by atoms with Crippen LogP contribution in [0.4, 0.5) is 0 Å². The first-order valence-corrected chi connectivity index (χ1v) is 6.64. The highest BCUT2D eigenvalue weighted by Gasteiger charge is 2.12. The SMILES string of the molecule is C=C(c1ccccc1C)C(N)Cc1ccccc1C. The number of aryl methyl sites for hydroxylation is 2. The van der Waals surface area contributed by atoms with Gasteiger partial charge in [0.05, 0.1) is 0 Å². The molecular weight excluding hydrogens is 230 g/mol. The van der Waals surface area contributed by atoms with Crippen molar-refractivity contribution in [2.45, 2.75) is 26.3 Å². The van der Waals surface area contributed by atoms with E-state index >= 15 is 0 Å². The molecule has 1 unspecified atom stereocenters. The fraction of sp³-hybridized carbons (Fsp3) is 0.222. The molecule has 0 aromatic heterocycles. The van der Waals surface area contributed by atoms with Gasteiger partial charge in [0.2, 0.25) is 0 Å². The molecule has 0 saturated heterocycles. The number of hydrogen-bond donors (Lipinski definition) is 1. The van der Waals surface area contributed by atoms with Gasteiger partial charge >= 0.3 is 0 Å². The summed E-state index contributed by atoms with van der Waals surface area (Å²) in [5, 5.41) is 0. The van der Waals surface area contributed by atoms with E-state index in [4.69, 9.17) is 5.73 Å². The Morgan fingerprint density at radius 3 is 2.21 bits per heavy atom. The van der Waals surface area contributed by atoms with Gasteiger partial charge in [-0.1, -0.05) is 55.1 Å². The highest BCUT2D eigenvalue weighted by molar-refractivity contribution is 5.70. The van der Waals surface area contributed by atoms with Crippen molar-refractivity contribution in [1.82, 2.24) is 0 Å². The fourth-order valence-electron chi connectivity index (χ4n) is 2.33. The normalized spacial score (nSPS) is 12.2. The van der Waals surface area contributed by atoms with E-state index in [9.17, 15) is 0 Å². The molecule has 2 N–H and O–H groups in total. The lowest BCUT2D eigenvalue weighted by atomic mass is 9.91. The number of hydrogen-bond acceptors (Lipinski definition) is 1. The first-order chi connectivity index (χ1) is 9.09. The molecule has 0 heterocycles. The third-order valence-electron chi connectivity index (χ3n) is 3.64. The van der Waals surface area contributed by atoms with Gasteiger partial charge in [-0.25, -0.2) is 0 Å². The Balaban J connectivity index is 2.17. The van der Waals surface area contributed by atoms with Crippen LogP contribution < -0.4 is 5.73 Å². The highest BCUT2D eigenvalue weighted by atomic mass is 14.6. The van der Waals surface area contributed by atoms with Crippen LogP contribution in [0.1, 0.15) is 22.3 Å². The third kappa shape index (κ3) is 3.12. The van der Waals surface area contributed by atoms with Crippen LogP contribution in [0.15, 0.2) is 55.1 Å². The van der Waals surface area contributed by atoms with Gasteiger partial charge in [-0.3, -0.25) is 0 Å². The Morgan fingerprint density at radius 1 is 1.00 bits per heavy atom. The zero-order valence-corrected chi connectivity index (χ0v) is 11.7. The largest absolute Gasteiger partial charge is 0.324 e. The molecule has 0 aliphatic rings. The summed E-state index contributed by atoms with van der Waals surface area (Å²) >= 11 is 0. The standard InChI is InChI=1S/C18H21N/c1-13-8-4-6-10-16(13)12-18(19)15(3)17-11-7-5-9-14(17)2/h4-11,18H,3,12,19H2,1-2H3. The maximum Gasteiger partial charge on any atom is 0.0336 e. The second kappa shape index (κ2) is 5.85. The highest BCUT2D eigenvalue weighted by Crippen LogP contribution is 2.22. The van der Waals surface area contributed by atoms with E-state index in [1.165, 1.54) is 22.3 Å². The van der Waals surface area contributed by atoms with Crippen molar-refractivity contribution < 1.29 is 0 Å². The van der Waals surface area contributed by atoms with E-state index in [1.807, 2.05) is 12.1 Å². The fourth-order valence-corrected chi connectivity index (χ4v) is 2.33. The smallest absolute Gasteiger partial charge is 0.0336 e. The molecule has 1 atom stereocenters.